The van der Waals surface area contributed by atoms with Crippen LogP contribution in [0.5, 0.6) is 34.5 Å². The van der Waals surface area contributed by atoms with Gasteiger partial charge in [-0.05, 0) is 25.0 Å². The molecular formula is C16H15ClO4. The van der Waals surface area contributed by atoms with Crippen LogP contribution in [0.3, 0.4) is 0 Å². The van der Waals surface area contributed by atoms with Gasteiger partial charge in [0.25, 0.3) is 0 Å². The molecule has 0 amide bonds. The van der Waals surface area contributed by atoms with Crippen LogP contribution in [0.15, 0.2) is 18.2 Å². The number of phenolic OH excluding ortho intramolecular Hbond substituents is 2. The van der Waals surface area contributed by atoms with Crippen LogP contribution in [0.25, 0.3) is 0 Å². The van der Waals surface area contributed by atoms with Crippen molar-refractivity contribution in [2.24, 2.45) is 0 Å². The summed E-state index contributed by atoms with van der Waals surface area (Å²) in [6, 6.07) is 5.22. The Kier molecular flexibility index (Phi) is 3.33. The molecule has 2 aromatic rings. The highest BCUT2D eigenvalue weighted by atomic mass is 35.5. The van der Waals surface area contributed by atoms with Crippen LogP contribution < -0.4 is 9.47 Å². The van der Waals surface area contributed by atoms with Gasteiger partial charge in [0.15, 0.2) is 34.5 Å². The molecule has 1 aliphatic rings. The summed E-state index contributed by atoms with van der Waals surface area (Å²) in [5, 5.41) is 20.8. The van der Waals surface area contributed by atoms with E-state index in [2.05, 4.69) is 0 Å². The van der Waals surface area contributed by atoms with Crippen LogP contribution in [-0.2, 0) is 12.8 Å². The molecule has 0 radical (unpaired) electrons. The van der Waals surface area contributed by atoms with Crippen molar-refractivity contribution >= 4 is 11.6 Å². The third-order valence-corrected chi connectivity index (χ3v) is 3.90. The fraction of sp³-hybridized carbons (Fsp3) is 0.250. The smallest absolute Gasteiger partial charge is 0.188 e. The maximum absolute atomic E-state index is 10.2. The normalized spacial score (nSPS) is 12.1. The van der Waals surface area contributed by atoms with Crippen molar-refractivity contribution in [2.75, 3.05) is 0 Å². The van der Waals surface area contributed by atoms with Crippen molar-refractivity contribution in [1.29, 1.82) is 0 Å². The molecule has 110 valence electrons. The summed E-state index contributed by atoms with van der Waals surface area (Å²) < 4.78 is 11.8. The molecule has 0 aliphatic carbocycles. The summed E-state index contributed by atoms with van der Waals surface area (Å²) in [7, 11) is 0. The highest BCUT2D eigenvalue weighted by Crippen LogP contribution is 2.56. The quantitative estimate of drug-likeness (QED) is 0.669. The Morgan fingerprint density at radius 2 is 1.48 bits per heavy atom. The fourth-order valence-electron chi connectivity index (χ4n) is 2.53. The van der Waals surface area contributed by atoms with Gasteiger partial charge in [0, 0.05) is 11.1 Å². The number of ether oxygens (including phenoxy) is 2. The Morgan fingerprint density at radius 3 is 2.05 bits per heavy atom. The number of rotatable bonds is 2. The first-order valence-electron chi connectivity index (χ1n) is 6.82. The molecule has 0 saturated carbocycles. The Morgan fingerprint density at radius 1 is 0.905 bits per heavy atom. The summed E-state index contributed by atoms with van der Waals surface area (Å²) in [6.07, 6.45) is 1.000. The predicted molar refractivity (Wildman–Crippen MR) is 80.1 cm³/mol. The Bertz CT molecular complexity index is 725. The second-order valence-electron chi connectivity index (χ2n) is 4.79. The van der Waals surface area contributed by atoms with Crippen molar-refractivity contribution in [1.82, 2.24) is 0 Å². The van der Waals surface area contributed by atoms with Gasteiger partial charge in [-0.25, -0.2) is 0 Å². The summed E-state index contributed by atoms with van der Waals surface area (Å²) in [5.41, 5.74) is 1.02. The lowest BCUT2D eigenvalue weighted by atomic mass is 10.0. The first kappa shape index (κ1) is 13.9. The molecule has 1 aliphatic heterocycles. The number of hydrogen-bond donors (Lipinski definition) is 2. The van der Waals surface area contributed by atoms with Gasteiger partial charge in [0.2, 0.25) is 0 Å². The summed E-state index contributed by atoms with van der Waals surface area (Å²) in [6.45, 7) is 3.74. The molecule has 0 bridgehead atoms. The van der Waals surface area contributed by atoms with E-state index < -0.39 is 0 Å². The number of hydrogen-bond acceptors (Lipinski definition) is 4. The molecule has 0 spiro atoms. The number of aromatic hydroxyl groups is 2. The Hall–Kier alpha value is -2.07. The highest BCUT2D eigenvalue weighted by molar-refractivity contribution is 6.32. The van der Waals surface area contributed by atoms with E-state index in [1.807, 2.05) is 13.8 Å². The van der Waals surface area contributed by atoms with Gasteiger partial charge in [0.05, 0.1) is 5.02 Å². The van der Waals surface area contributed by atoms with Gasteiger partial charge in [-0.2, -0.15) is 0 Å². The molecular weight excluding hydrogens is 292 g/mol. The van der Waals surface area contributed by atoms with Crippen LogP contribution in [-0.4, -0.2) is 10.2 Å². The molecule has 2 N–H and O–H groups in total. The van der Waals surface area contributed by atoms with Crippen molar-refractivity contribution in [2.45, 2.75) is 26.7 Å². The molecule has 4 nitrogen and oxygen atoms in total. The Balaban J connectivity index is 2.28. The SMILES string of the molecule is CCc1c(O)c(O)c(CC)c2c1Oc1cccc(Cl)c1O2. The molecule has 21 heavy (non-hydrogen) atoms. The minimum Gasteiger partial charge on any atom is -0.504 e. The lowest BCUT2D eigenvalue weighted by molar-refractivity contribution is 0.336. The molecule has 2 aromatic carbocycles. The predicted octanol–water partition coefficient (Wildman–Crippen LogP) is 4.77. The number of benzene rings is 2. The molecule has 0 fully saturated rings. The van der Waals surface area contributed by atoms with Crippen LogP contribution in [0, 0.1) is 0 Å². The maximum Gasteiger partial charge on any atom is 0.188 e. The summed E-state index contributed by atoms with van der Waals surface area (Å²) in [4.78, 5) is 0. The van der Waals surface area contributed by atoms with Gasteiger partial charge < -0.3 is 19.7 Å². The van der Waals surface area contributed by atoms with Crippen molar-refractivity contribution < 1.29 is 19.7 Å². The van der Waals surface area contributed by atoms with Crippen LogP contribution in [0.2, 0.25) is 5.02 Å². The first-order chi connectivity index (χ1) is 10.1. The zero-order chi connectivity index (χ0) is 15.1. The second kappa shape index (κ2) is 5.04. The average Bonchev–Trinajstić information content (AvgIpc) is 2.48. The molecule has 0 unspecified atom stereocenters. The molecule has 0 saturated heterocycles. The molecule has 1 heterocycles. The topological polar surface area (TPSA) is 58.9 Å². The molecule has 5 heteroatoms. The van der Waals surface area contributed by atoms with E-state index in [4.69, 9.17) is 21.1 Å². The minimum atomic E-state index is -0.160. The molecule has 0 atom stereocenters. The number of halogens is 1. The average molecular weight is 307 g/mol. The molecule has 3 rings (SSSR count). The van der Waals surface area contributed by atoms with Gasteiger partial charge in [0.1, 0.15) is 0 Å². The lowest BCUT2D eigenvalue weighted by Crippen LogP contribution is -2.05. The number of fused-ring (bicyclic) bond motifs is 2. The third kappa shape index (κ3) is 1.98. The van der Waals surface area contributed by atoms with Crippen LogP contribution in [0.1, 0.15) is 25.0 Å². The van der Waals surface area contributed by atoms with E-state index in [0.717, 1.165) is 0 Å². The van der Waals surface area contributed by atoms with Gasteiger partial charge in [-0.1, -0.05) is 31.5 Å². The van der Waals surface area contributed by atoms with Crippen molar-refractivity contribution in [3.63, 3.8) is 0 Å². The van der Waals surface area contributed by atoms with E-state index in [1.165, 1.54) is 0 Å². The third-order valence-electron chi connectivity index (χ3n) is 3.60. The standard InChI is InChI=1S/C16H15ClO4/c1-3-8-12(18)13(19)9(4-2)15-14(8)20-11-7-5-6-10(17)16(11)21-15/h5-7,18-19H,3-4H2,1-2H3. The van der Waals surface area contributed by atoms with E-state index in [9.17, 15) is 10.2 Å². The summed E-state index contributed by atoms with van der Waals surface area (Å²) >= 11 is 6.13. The van der Waals surface area contributed by atoms with Crippen LogP contribution >= 0.6 is 11.6 Å². The first-order valence-corrected chi connectivity index (χ1v) is 7.20. The highest BCUT2D eigenvalue weighted by Gasteiger charge is 2.30. The largest absolute Gasteiger partial charge is 0.504 e. The van der Waals surface area contributed by atoms with Gasteiger partial charge >= 0.3 is 0 Å². The molecule has 0 aromatic heterocycles. The van der Waals surface area contributed by atoms with E-state index in [1.54, 1.807) is 18.2 Å². The zero-order valence-electron chi connectivity index (χ0n) is 11.7. The monoisotopic (exact) mass is 306 g/mol. The van der Waals surface area contributed by atoms with E-state index >= 15 is 0 Å². The fourth-order valence-corrected chi connectivity index (χ4v) is 2.73. The van der Waals surface area contributed by atoms with E-state index in [-0.39, 0.29) is 11.5 Å². The zero-order valence-corrected chi connectivity index (χ0v) is 12.5. The maximum atomic E-state index is 10.2. The second-order valence-corrected chi connectivity index (χ2v) is 5.20. The van der Waals surface area contributed by atoms with Crippen LogP contribution in [0.4, 0.5) is 0 Å². The van der Waals surface area contributed by atoms with E-state index in [0.29, 0.717) is 52.0 Å². The lowest BCUT2D eigenvalue weighted by Gasteiger charge is -2.26. The Labute approximate surface area is 127 Å². The van der Waals surface area contributed by atoms with Crippen molar-refractivity contribution in [3.05, 3.63) is 34.3 Å². The number of para-hydroxylation sites is 1. The number of phenols is 2. The summed E-state index contributed by atoms with van der Waals surface area (Å²) in [5.74, 6) is 1.48. The van der Waals surface area contributed by atoms with Gasteiger partial charge in [-0.15, -0.1) is 0 Å². The minimum absolute atomic E-state index is 0.151. The van der Waals surface area contributed by atoms with Gasteiger partial charge in [-0.3, -0.25) is 0 Å². The van der Waals surface area contributed by atoms with Crippen molar-refractivity contribution in [3.8, 4) is 34.5 Å².